The first-order valence-corrected chi connectivity index (χ1v) is 6.16. The maximum atomic E-state index is 11.7. The van der Waals surface area contributed by atoms with Gasteiger partial charge in [0.2, 0.25) is 0 Å². The Morgan fingerprint density at radius 1 is 1.41 bits per heavy atom. The van der Waals surface area contributed by atoms with E-state index < -0.39 is 0 Å². The van der Waals surface area contributed by atoms with E-state index in [4.69, 9.17) is 27.9 Å². The number of hydrogen-bond donors (Lipinski definition) is 1. The predicted molar refractivity (Wildman–Crippen MR) is 67.3 cm³/mol. The lowest BCUT2D eigenvalue weighted by Gasteiger charge is -2.20. The molecule has 1 unspecified atom stereocenters. The van der Waals surface area contributed by atoms with Crippen molar-refractivity contribution in [3.8, 4) is 0 Å². The van der Waals surface area contributed by atoms with Crippen LogP contribution in [0.5, 0.6) is 0 Å². The zero-order chi connectivity index (χ0) is 12.4. The van der Waals surface area contributed by atoms with Gasteiger partial charge in [-0.25, -0.2) is 0 Å². The van der Waals surface area contributed by atoms with Crippen LogP contribution in [0.4, 0.5) is 0 Å². The fraction of sp³-hybridized carbons (Fsp3) is 0.417. The van der Waals surface area contributed by atoms with Crippen LogP contribution in [0.15, 0.2) is 18.2 Å². The molecule has 2 rings (SSSR count). The fourth-order valence-corrected chi connectivity index (χ4v) is 2.85. The highest BCUT2D eigenvalue weighted by molar-refractivity contribution is 6.36. The average Bonchev–Trinajstić information content (AvgIpc) is 2.77. The molecular formula is C12H13Cl2NO2. The zero-order valence-electron chi connectivity index (χ0n) is 9.37. The number of rotatable bonds is 2. The van der Waals surface area contributed by atoms with E-state index in [9.17, 15) is 4.79 Å². The predicted octanol–water partition coefficient (Wildman–Crippen LogP) is 2.82. The minimum Gasteiger partial charge on any atom is -0.469 e. The monoisotopic (exact) mass is 273 g/mol. The van der Waals surface area contributed by atoms with Gasteiger partial charge in [0, 0.05) is 21.7 Å². The maximum Gasteiger partial charge on any atom is 0.310 e. The molecule has 17 heavy (non-hydrogen) atoms. The van der Waals surface area contributed by atoms with E-state index >= 15 is 0 Å². The maximum absolute atomic E-state index is 11.7. The second kappa shape index (κ2) is 5.25. The molecule has 1 fully saturated rings. The van der Waals surface area contributed by atoms with Crippen LogP contribution in [0.2, 0.25) is 10.0 Å². The lowest BCUT2D eigenvalue weighted by atomic mass is 9.94. The van der Waals surface area contributed by atoms with Gasteiger partial charge in [0.25, 0.3) is 0 Å². The van der Waals surface area contributed by atoms with Gasteiger partial charge in [-0.05, 0) is 25.1 Å². The summed E-state index contributed by atoms with van der Waals surface area (Å²) < 4.78 is 4.80. The number of carbonyl (C=O) groups excluding carboxylic acids is 1. The molecule has 1 heterocycles. The third-order valence-corrected chi connectivity index (χ3v) is 3.70. The largest absolute Gasteiger partial charge is 0.469 e. The van der Waals surface area contributed by atoms with E-state index in [0.717, 1.165) is 18.5 Å². The summed E-state index contributed by atoms with van der Waals surface area (Å²) in [5.41, 5.74) is 0.781. The van der Waals surface area contributed by atoms with Crippen LogP contribution in [0, 0.1) is 5.92 Å². The summed E-state index contributed by atoms with van der Waals surface area (Å²) in [6, 6.07) is 5.17. The van der Waals surface area contributed by atoms with Crippen molar-refractivity contribution in [1.82, 2.24) is 5.32 Å². The quantitative estimate of drug-likeness (QED) is 0.843. The van der Waals surface area contributed by atoms with E-state index in [2.05, 4.69) is 5.32 Å². The van der Waals surface area contributed by atoms with Crippen molar-refractivity contribution in [1.29, 1.82) is 0 Å². The first-order valence-electron chi connectivity index (χ1n) is 5.40. The summed E-state index contributed by atoms with van der Waals surface area (Å²) in [6.45, 7) is 0.756. The number of methoxy groups -OCH3 is 1. The molecule has 1 aromatic rings. The van der Waals surface area contributed by atoms with Gasteiger partial charge in [-0.3, -0.25) is 4.79 Å². The van der Waals surface area contributed by atoms with Gasteiger partial charge in [0.15, 0.2) is 0 Å². The van der Waals surface area contributed by atoms with Gasteiger partial charge in [-0.2, -0.15) is 0 Å². The summed E-state index contributed by atoms with van der Waals surface area (Å²) in [4.78, 5) is 11.7. The van der Waals surface area contributed by atoms with Crippen molar-refractivity contribution in [2.75, 3.05) is 13.7 Å². The van der Waals surface area contributed by atoms with Crippen molar-refractivity contribution < 1.29 is 9.53 Å². The Morgan fingerprint density at radius 2 is 2.06 bits per heavy atom. The molecule has 0 aromatic heterocycles. The van der Waals surface area contributed by atoms with Crippen LogP contribution >= 0.6 is 23.2 Å². The van der Waals surface area contributed by atoms with Crippen LogP contribution in [0.25, 0.3) is 0 Å². The Balaban J connectivity index is 2.36. The van der Waals surface area contributed by atoms with Gasteiger partial charge < -0.3 is 10.1 Å². The first kappa shape index (κ1) is 12.7. The van der Waals surface area contributed by atoms with E-state index in [1.807, 2.05) is 0 Å². The molecule has 1 N–H and O–H groups in total. The smallest absolute Gasteiger partial charge is 0.310 e. The Hall–Kier alpha value is -0.770. The summed E-state index contributed by atoms with van der Waals surface area (Å²) in [5.74, 6) is -0.451. The molecule has 1 aliphatic heterocycles. The lowest BCUT2D eigenvalue weighted by Crippen LogP contribution is -2.25. The van der Waals surface area contributed by atoms with E-state index in [-0.39, 0.29) is 17.9 Å². The van der Waals surface area contributed by atoms with Crippen molar-refractivity contribution in [3.05, 3.63) is 33.8 Å². The van der Waals surface area contributed by atoms with Crippen molar-refractivity contribution >= 4 is 29.2 Å². The second-order valence-electron chi connectivity index (χ2n) is 3.99. The first-order chi connectivity index (χ1) is 8.15. The number of carbonyl (C=O) groups is 1. The number of halogens is 2. The minimum atomic E-state index is -0.226. The molecule has 3 nitrogen and oxygen atoms in total. The summed E-state index contributed by atoms with van der Waals surface area (Å²) in [5, 5.41) is 4.40. The van der Waals surface area contributed by atoms with Crippen LogP contribution in [0.1, 0.15) is 18.0 Å². The molecule has 0 spiro atoms. The third kappa shape index (κ3) is 2.41. The highest BCUT2D eigenvalue weighted by Crippen LogP contribution is 2.38. The van der Waals surface area contributed by atoms with Gasteiger partial charge in [0.1, 0.15) is 0 Å². The van der Waals surface area contributed by atoms with Crippen LogP contribution < -0.4 is 5.32 Å². The lowest BCUT2D eigenvalue weighted by molar-refractivity contribution is -0.145. The number of esters is 1. The molecule has 92 valence electrons. The SMILES string of the molecule is COC(=O)[C@@H]1CCNC1c1c(Cl)cccc1Cl. The second-order valence-corrected chi connectivity index (χ2v) is 4.80. The Bertz CT molecular complexity index is 416. The van der Waals surface area contributed by atoms with Gasteiger partial charge in [-0.15, -0.1) is 0 Å². The number of benzene rings is 1. The molecule has 1 aliphatic rings. The highest BCUT2D eigenvalue weighted by atomic mass is 35.5. The Morgan fingerprint density at radius 3 is 2.65 bits per heavy atom. The standard InChI is InChI=1S/C12H13Cl2NO2/c1-17-12(16)7-5-6-15-11(7)10-8(13)3-2-4-9(10)14/h2-4,7,11,15H,5-6H2,1H3/t7-,11?/m1/s1. The van der Waals surface area contributed by atoms with Crippen molar-refractivity contribution in [2.45, 2.75) is 12.5 Å². The van der Waals surface area contributed by atoms with Crippen LogP contribution in [-0.4, -0.2) is 19.6 Å². The molecule has 2 atom stereocenters. The Labute approximate surface area is 110 Å². The molecule has 1 aromatic carbocycles. The van der Waals surface area contributed by atoms with Crippen LogP contribution in [-0.2, 0) is 9.53 Å². The fourth-order valence-electron chi connectivity index (χ4n) is 2.22. The van der Waals surface area contributed by atoms with E-state index in [0.29, 0.717) is 10.0 Å². The topological polar surface area (TPSA) is 38.3 Å². The number of nitrogens with one attached hydrogen (secondary N) is 1. The van der Waals surface area contributed by atoms with E-state index in [1.54, 1.807) is 18.2 Å². The molecule has 0 radical (unpaired) electrons. The molecule has 0 saturated carbocycles. The average molecular weight is 274 g/mol. The van der Waals surface area contributed by atoms with Gasteiger partial charge in [-0.1, -0.05) is 29.3 Å². The molecule has 0 bridgehead atoms. The molecule has 0 aliphatic carbocycles. The normalized spacial score (nSPS) is 23.7. The molecule has 1 saturated heterocycles. The number of hydrogen-bond acceptors (Lipinski definition) is 3. The Kier molecular flexibility index (Phi) is 3.92. The van der Waals surface area contributed by atoms with Crippen molar-refractivity contribution in [2.24, 2.45) is 5.92 Å². The van der Waals surface area contributed by atoms with Gasteiger partial charge >= 0.3 is 5.97 Å². The third-order valence-electron chi connectivity index (χ3n) is 3.04. The van der Waals surface area contributed by atoms with Crippen molar-refractivity contribution in [3.63, 3.8) is 0 Å². The molecule has 0 amide bonds. The number of ether oxygens (including phenoxy) is 1. The summed E-state index contributed by atoms with van der Waals surface area (Å²) in [6.07, 6.45) is 0.735. The molecular weight excluding hydrogens is 261 g/mol. The summed E-state index contributed by atoms with van der Waals surface area (Å²) in [7, 11) is 1.39. The zero-order valence-corrected chi connectivity index (χ0v) is 10.9. The van der Waals surface area contributed by atoms with Crippen LogP contribution in [0.3, 0.4) is 0 Å². The van der Waals surface area contributed by atoms with Gasteiger partial charge in [0.05, 0.1) is 13.0 Å². The van der Waals surface area contributed by atoms with E-state index in [1.165, 1.54) is 7.11 Å². The minimum absolute atomic E-state index is 0.163. The summed E-state index contributed by atoms with van der Waals surface area (Å²) >= 11 is 12.3. The molecule has 5 heteroatoms. The highest BCUT2D eigenvalue weighted by Gasteiger charge is 2.36.